The number of rotatable bonds is 3. The molecule has 4 aromatic rings. The topological polar surface area (TPSA) is 37.9 Å². The number of hydrogen-bond donors (Lipinski definition) is 1. The third kappa shape index (κ3) is 2.59. The summed E-state index contributed by atoms with van der Waals surface area (Å²) in [5, 5.41) is 0. The molecule has 0 spiro atoms. The number of aromatic nitrogens is 2. The first-order valence-corrected chi connectivity index (χ1v) is 8.43. The highest BCUT2D eigenvalue weighted by molar-refractivity contribution is 9.10. The van der Waals surface area contributed by atoms with Crippen molar-refractivity contribution in [2.24, 2.45) is 0 Å². The Balaban J connectivity index is 2.03. The van der Waals surface area contributed by atoms with Gasteiger partial charge in [-0.05, 0) is 29.3 Å². The lowest BCUT2D eigenvalue weighted by atomic mass is 10.0. The SMILES string of the molecule is COc1ccc2[nH]c(-c3ccc(Br)cc3)c(-c3ccccc3)c2n1. The minimum atomic E-state index is 0.612. The molecule has 0 aliphatic rings. The fourth-order valence-corrected chi connectivity index (χ4v) is 3.15. The molecule has 4 rings (SSSR count). The highest BCUT2D eigenvalue weighted by atomic mass is 79.9. The predicted octanol–water partition coefficient (Wildman–Crippen LogP) is 5.67. The Bertz CT molecular complexity index is 992. The molecule has 1 N–H and O–H groups in total. The average Bonchev–Trinajstić information content (AvgIpc) is 3.01. The Morgan fingerprint density at radius 1 is 0.875 bits per heavy atom. The first-order valence-electron chi connectivity index (χ1n) is 7.64. The number of halogens is 1. The van der Waals surface area contributed by atoms with Crippen LogP contribution in [0.15, 0.2) is 71.2 Å². The summed E-state index contributed by atoms with van der Waals surface area (Å²) in [6.45, 7) is 0. The second-order valence-electron chi connectivity index (χ2n) is 5.50. The van der Waals surface area contributed by atoms with E-state index in [0.29, 0.717) is 5.88 Å². The number of H-pyrrole nitrogens is 1. The van der Waals surface area contributed by atoms with Crippen LogP contribution in [0.1, 0.15) is 0 Å². The minimum absolute atomic E-state index is 0.612. The van der Waals surface area contributed by atoms with Gasteiger partial charge in [-0.25, -0.2) is 4.98 Å². The van der Waals surface area contributed by atoms with Crippen molar-refractivity contribution in [2.75, 3.05) is 7.11 Å². The zero-order valence-electron chi connectivity index (χ0n) is 13.1. The van der Waals surface area contributed by atoms with E-state index in [4.69, 9.17) is 4.74 Å². The number of nitrogens with one attached hydrogen (secondary N) is 1. The maximum absolute atomic E-state index is 5.31. The van der Waals surface area contributed by atoms with E-state index < -0.39 is 0 Å². The Kier molecular flexibility index (Phi) is 3.82. The number of methoxy groups -OCH3 is 1. The van der Waals surface area contributed by atoms with Gasteiger partial charge < -0.3 is 9.72 Å². The molecule has 24 heavy (non-hydrogen) atoms. The van der Waals surface area contributed by atoms with Gasteiger partial charge in [0.1, 0.15) is 5.52 Å². The first-order chi connectivity index (χ1) is 11.8. The molecule has 4 heteroatoms. The summed E-state index contributed by atoms with van der Waals surface area (Å²) >= 11 is 3.50. The molecule has 0 saturated heterocycles. The van der Waals surface area contributed by atoms with E-state index >= 15 is 0 Å². The maximum atomic E-state index is 5.31. The molecule has 2 aromatic heterocycles. The number of hydrogen-bond acceptors (Lipinski definition) is 2. The Morgan fingerprint density at radius 2 is 1.62 bits per heavy atom. The molecule has 2 aromatic carbocycles. The molecule has 0 bridgehead atoms. The summed E-state index contributed by atoms with van der Waals surface area (Å²) in [5.74, 6) is 0.612. The van der Waals surface area contributed by atoms with E-state index in [1.807, 2.05) is 42.5 Å². The number of nitrogens with zero attached hydrogens (tertiary/aromatic N) is 1. The second kappa shape index (κ2) is 6.13. The number of pyridine rings is 1. The summed E-state index contributed by atoms with van der Waals surface area (Å²) in [4.78, 5) is 8.19. The summed E-state index contributed by atoms with van der Waals surface area (Å²) < 4.78 is 6.37. The van der Waals surface area contributed by atoms with Crippen LogP contribution < -0.4 is 4.74 Å². The van der Waals surface area contributed by atoms with Crippen molar-refractivity contribution in [3.05, 3.63) is 71.2 Å². The molecule has 0 radical (unpaired) electrons. The van der Waals surface area contributed by atoms with Gasteiger partial charge >= 0.3 is 0 Å². The third-order valence-corrected chi connectivity index (χ3v) is 4.55. The number of benzene rings is 2. The highest BCUT2D eigenvalue weighted by Crippen LogP contribution is 2.38. The first kappa shape index (κ1) is 15.0. The largest absolute Gasteiger partial charge is 0.481 e. The van der Waals surface area contributed by atoms with Crippen LogP contribution in [0.4, 0.5) is 0 Å². The van der Waals surface area contributed by atoms with Gasteiger partial charge in [0.15, 0.2) is 0 Å². The Labute approximate surface area is 148 Å². The quantitative estimate of drug-likeness (QED) is 0.498. The molecule has 0 atom stereocenters. The molecule has 0 unspecified atom stereocenters. The van der Waals surface area contributed by atoms with Crippen molar-refractivity contribution < 1.29 is 4.74 Å². The van der Waals surface area contributed by atoms with Crippen molar-refractivity contribution in [1.29, 1.82) is 0 Å². The van der Waals surface area contributed by atoms with Gasteiger partial charge in [0.05, 0.1) is 18.3 Å². The van der Waals surface area contributed by atoms with Crippen LogP contribution in [0.5, 0.6) is 5.88 Å². The van der Waals surface area contributed by atoms with Crippen LogP contribution in [0, 0.1) is 0 Å². The van der Waals surface area contributed by atoms with Crippen LogP contribution >= 0.6 is 15.9 Å². The average molecular weight is 379 g/mol. The van der Waals surface area contributed by atoms with Gasteiger partial charge in [0.25, 0.3) is 0 Å². The van der Waals surface area contributed by atoms with Gasteiger partial charge in [0, 0.05) is 16.1 Å². The number of ether oxygens (including phenoxy) is 1. The van der Waals surface area contributed by atoms with Crippen molar-refractivity contribution in [2.45, 2.75) is 0 Å². The van der Waals surface area contributed by atoms with Crippen LogP contribution in [-0.2, 0) is 0 Å². The minimum Gasteiger partial charge on any atom is -0.481 e. The van der Waals surface area contributed by atoms with Crippen LogP contribution in [0.3, 0.4) is 0 Å². The molecule has 0 aliphatic carbocycles. The number of fused-ring (bicyclic) bond motifs is 1. The molecular formula is C20H15BrN2O. The molecule has 118 valence electrons. The molecule has 0 aliphatic heterocycles. The van der Waals surface area contributed by atoms with Crippen molar-refractivity contribution in [3.8, 4) is 28.3 Å². The van der Waals surface area contributed by atoms with Gasteiger partial charge in [-0.3, -0.25) is 0 Å². The monoisotopic (exact) mass is 378 g/mol. The standard InChI is InChI=1S/C20H15BrN2O/c1-24-17-12-11-16-20(23-17)18(13-5-3-2-4-6-13)19(22-16)14-7-9-15(21)10-8-14/h2-12,22H,1H3. The van der Waals surface area contributed by atoms with Gasteiger partial charge in [-0.2, -0.15) is 0 Å². The van der Waals surface area contributed by atoms with Gasteiger partial charge in [0.2, 0.25) is 5.88 Å². The smallest absolute Gasteiger partial charge is 0.213 e. The predicted molar refractivity (Wildman–Crippen MR) is 101 cm³/mol. The molecule has 0 saturated carbocycles. The fourth-order valence-electron chi connectivity index (χ4n) is 2.88. The lowest BCUT2D eigenvalue weighted by Gasteiger charge is -2.06. The Morgan fingerprint density at radius 3 is 2.33 bits per heavy atom. The molecule has 0 fully saturated rings. The van der Waals surface area contributed by atoms with Crippen LogP contribution in [0.2, 0.25) is 0 Å². The fraction of sp³-hybridized carbons (Fsp3) is 0.0500. The van der Waals surface area contributed by atoms with E-state index in [9.17, 15) is 0 Å². The zero-order valence-corrected chi connectivity index (χ0v) is 14.7. The highest BCUT2D eigenvalue weighted by Gasteiger charge is 2.16. The van der Waals surface area contributed by atoms with Crippen molar-refractivity contribution in [3.63, 3.8) is 0 Å². The van der Waals surface area contributed by atoms with E-state index in [0.717, 1.165) is 37.9 Å². The maximum Gasteiger partial charge on any atom is 0.213 e. The summed E-state index contributed by atoms with van der Waals surface area (Å²) in [6, 6.07) is 22.5. The third-order valence-electron chi connectivity index (χ3n) is 4.02. The normalized spacial score (nSPS) is 10.9. The summed E-state index contributed by atoms with van der Waals surface area (Å²) in [5.41, 5.74) is 6.30. The van der Waals surface area contributed by atoms with E-state index in [1.165, 1.54) is 0 Å². The molecule has 2 heterocycles. The van der Waals surface area contributed by atoms with E-state index in [-0.39, 0.29) is 0 Å². The zero-order chi connectivity index (χ0) is 16.5. The van der Waals surface area contributed by atoms with E-state index in [2.05, 4.69) is 50.2 Å². The summed E-state index contributed by atoms with van der Waals surface area (Å²) in [6.07, 6.45) is 0. The lowest BCUT2D eigenvalue weighted by Crippen LogP contribution is -1.87. The summed E-state index contributed by atoms with van der Waals surface area (Å²) in [7, 11) is 1.64. The van der Waals surface area contributed by atoms with Crippen LogP contribution in [-0.4, -0.2) is 17.1 Å². The molecule has 0 amide bonds. The van der Waals surface area contributed by atoms with Gasteiger partial charge in [-0.15, -0.1) is 0 Å². The second-order valence-corrected chi connectivity index (χ2v) is 6.41. The molecular weight excluding hydrogens is 364 g/mol. The lowest BCUT2D eigenvalue weighted by molar-refractivity contribution is 0.399. The van der Waals surface area contributed by atoms with E-state index in [1.54, 1.807) is 7.11 Å². The van der Waals surface area contributed by atoms with Crippen molar-refractivity contribution >= 4 is 27.0 Å². The van der Waals surface area contributed by atoms with Gasteiger partial charge in [-0.1, -0.05) is 58.4 Å². The Hall–Kier alpha value is -2.59. The van der Waals surface area contributed by atoms with Crippen molar-refractivity contribution in [1.82, 2.24) is 9.97 Å². The van der Waals surface area contributed by atoms with Crippen LogP contribution in [0.25, 0.3) is 33.4 Å². The molecule has 3 nitrogen and oxygen atoms in total. The number of aromatic amines is 1.